The van der Waals surface area contributed by atoms with Crippen molar-refractivity contribution >= 4 is 0 Å². The highest BCUT2D eigenvalue weighted by Crippen LogP contribution is 2.16. The van der Waals surface area contributed by atoms with Crippen LogP contribution in [0.4, 0.5) is 0 Å². The standard InChI is InChI=1S/C21H23NO3/c1-23-19-10-4-16(5-11-19)3-9-18-15-21(25-22-18)14-8-17-6-12-20(24-2)13-7-17/h4-7,10-13,15H,3,8-9,14H2,1-2H3. The van der Waals surface area contributed by atoms with Crippen LogP contribution in [0.1, 0.15) is 22.6 Å². The van der Waals surface area contributed by atoms with Crippen molar-refractivity contribution in [1.29, 1.82) is 0 Å². The molecule has 0 radical (unpaired) electrons. The number of ether oxygens (including phenoxy) is 2. The monoisotopic (exact) mass is 337 g/mol. The molecule has 0 amide bonds. The molecular weight excluding hydrogens is 314 g/mol. The zero-order valence-corrected chi connectivity index (χ0v) is 14.7. The van der Waals surface area contributed by atoms with Crippen LogP contribution in [0.25, 0.3) is 0 Å². The quantitative estimate of drug-likeness (QED) is 0.616. The van der Waals surface area contributed by atoms with Gasteiger partial charge in [-0.15, -0.1) is 0 Å². The zero-order chi connectivity index (χ0) is 17.5. The third kappa shape index (κ3) is 4.86. The van der Waals surface area contributed by atoms with E-state index in [-0.39, 0.29) is 0 Å². The molecule has 0 aliphatic carbocycles. The predicted octanol–water partition coefficient (Wildman–Crippen LogP) is 4.26. The Morgan fingerprint density at radius 2 is 1.24 bits per heavy atom. The largest absolute Gasteiger partial charge is 0.497 e. The molecule has 0 fully saturated rings. The molecule has 130 valence electrons. The second kappa shape index (κ2) is 8.38. The summed E-state index contributed by atoms with van der Waals surface area (Å²) in [5.41, 5.74) is 3.53. The highest BCUT2D eigenvalue weighted by atomic mass is 16.5. The van der Waals surface area contributed by atoms with Crippen molar-refractivity contribution < 1.29 is 14.0 Å². The molecule has 0 bridgehead atoms. The van der Waals surface area contributed by atoms with Gasteiger partial charge in [0.1, 0.15) is 17.3 Å². The van der Waals surface area contributed by atoms with Crippen LogP contribution in [0.3, 0.4) is 0 Å². The molecule has 0 saturated carbocycles. The molecule has 0 saturated heterocycles. The Kier molecular flexibility index (Phi) is 5.73. The van der Waals surface area contributed by atoms with E-state index in [2.05, 4.69) is 35.5 Å². The molecule has 0 spiro atoms. The van der Waals surface area contributed by atoms with E-state index in [0.29, 0.717) is 0 Å². The summed E-state index contributed by atoms with van der Waals surface area (Å²) < 4.78 is 15.8. The van der Waals surface area contributed by atoms with Gasteiger partial charge in [-0.1, -0.05) is 29.4 Å². The van der Waals surface area contributed by atoms with Gasteiger partial charge in [0, 0.05) is 12.5 Å². The Morgan fingerprint density at radius 1 is 0.720 bits per heavy atom. The Hall–Kier alpha value is -2.75. The van der Waals surface area contributed by atoms with E-state index in [1.165, 1.54) is 11.1 Å². The molecule has 0 atom stereocenters. The Morgan fingerprint density at radius 3 is 1.76 bits per heavy atom. The minimum Gasteiger partial charge on any atom is -0.497 e. The van der Waals surface area contributed by atoms with Gasteiger partial charge in [0.15, 0.2) is 0 Å². The summed E-state index contributed by atoms with van der Waals surface area (Å²) >= 11 is 0. The maximum Gasteiger partial charge on any atom is 0.137 e. The van der Waals surface area contributed by atoms with Crippen molar-refractivity contribution in [3.8, 4) is 11.5 Å². The van der Waals surface area contributed by atoms with Crippen LogP contribution in [0.15, 0.2) is 59.1 Å². The van der Waals surface area contributed by atoms with Crippen LogP contribution in [-0.4, -0.2) is 19.4 Å². The van der Waals surface area contributed by atoms with Gasteiger partial charge in [0.25, 0.3) is 0 Å². The molecule has 0 aliphatic heterocycles. The summed E-state index contributed by atoms with van der Waals surface area (Å²) in [5.74, 6) is 2.69. The highest BCUT2D eigenvalue weighted by Gasteiger charge is 2.06. The Bertz CT molecular complexity index is 710. The van der Waals surface area contributed by atoms with E-state index in [0.717, 1.165) is 48.6 Å². The van der Waals surface area contributed by atoms with Crippen molar-refractivity contribution in [2.24, 2.45) is 0 Å². The molecule has 0 aliphatic rings. The van der Waals surface area contributed by atoms with Crippen molar-refractivity contribution in [3.63, 3.8) is 0 Å². The second-order valence-corrected chi connectivity index (χ2v) is 5.98. The predicted molar refractivity (Wildman–Crippen MR) is 97.3 cm³/mol. The van der Waals surface area contributed by atoms with Gasteiger partial charge in [-0.05, 0) is 54.7 Å². The van der Waals surface area contributed by atoms with Crippen LogP contribution in [0.2, 0.25) is 0 Å². The van der Waals surface area contributed by atoms with E-state index < -0.39 is 0 Å². The van der Waals surface area contributed by atoms with Gasteiger partial charge in [0.05, 0.1) is 19.9 Å². The molecule has 1 heterocycles. The van der Waals surface area contributed by atoms with Crippen LogP contribution in [-0.2, 0) is 25.7 Å². The minimum absolute atomic E-state index is 0.849. The topological polar surface area (TPSA) is 44.5 Å². The van der Waals surface area contributed by atoms with Crippen molar-refractivity contribution in [2.75, 3.05) is 14.2 Å². The first kappa shape index (κ1) is 17.1. The Balaban J connectivity index is 1.49. The first-order valence-corrected chi connectivity index (χ1v) is 8.47. The fraction of sp³-hybridized carbons (Fsp3) is 0.286. The van der Waals surface area contributed by atoms with E-state index in [1.54, 1.807) is 14.2 Å². The molecule has 3 rings (SSSR count). The molecule has 1 aromatic heterocycles. The number of hydrogen-bond acceptors (Lipinski definition) is 4. The Labute approximate surface area is 148 Å². The SMILES string of the molecule is COc1ccc(CCc2cc(CCc3ccc(OC)cc3)on2)cc1. The van der Waals surface area contributed by atoms with E-state index in [4.69, 9.17) is 14.0 Å². The van der Waals surface area contributed by atoms with Crippen molar-refractivity contribution in [1.82, 2.24) is 5.16 Å². The molecule has 0 unspecified atom stereocenters. The summed E-state index contributed by atoms with van der Waals surface area (Å²) in [6.07, 6.45) is 3.59. The van der Waals surface area contributed by atoms with Gasteiger partial charge in [-0.3, -0.25) is 0 Å². The fourth-order valence-electron chi connectivity index (χ4n) is 2.72. The van der Waals surface area contributed by atoms with Gasteiger partial charge in [-0.2, -0.15) is 0 Å². The minimum atomic E-state index is 0.849. The van der Waals surface area contributed by atoms with Crippen LogP contribution >= 0.6 is 0 Å². The summed E-state index contributed by atoms with van der Waals surface area (Å²) in [6, 6.07) is 18.3. The number of hydrogen-bond donors (Lipinski definition) is 0. The lowest BCUT2D eigenvalue weighted by atomic mass is 10.1. The van der Waals surface area contributed by atoms with E-state index in [1.807, 2.05) is 24.3 Å². The molecule has 2 aromatic carbocycles. The van der Waals surface area contributed by atoms with Crippen molar-refractivity contribution in [3.05, 3.63) is 77.2 Å². The number of benzene rings is 2. The number of aromatic nitrogens is 1. The summed E-state index contributed by atoms with van der Waals surface area (Å²) in [6.45, 7) is 0. The van der Waals surface area contributed by atoms with E-state index >= 15 is 0 Å². The zero-order valence-electron chi connectivity index (χ0n) is 14.7. The van der Waals surface area contributed by atoms with E-state index in [9.17, 15) is 0 Å². The second-order valence-electron chi connectivity index (χ2n) is 5.98. The molecule has 3 aromatic rings. The van der Waals surface area contributed by atoms with Crippen LogP contribution in [0.5, 0.6) is 11.5 Å². The summed E-state index contributed by atoms with van der Waals surface area (Å²) in [5, 5.41) is 4.18. The third-order valence-electron chi connectivity index (χ3n) is 4.26. The van der Waals surface area contributed by atoms with Crippen LogP contribution in [0, 0.1) is 0 Å². The maximum absolute atomic E-state index is 5.46. The average molecular weight is 337 g/mol. The molecule has 25 heavy (non-hydrogen) atoms. The van der Waals surface area contributed by atoms with Gasteiger partial charge >= 0.3 is 0 Å². The lowest BCUT2D eigenvalue weighted by molar-refractivity contribution is 0.377. The van der Waals surface area contributed by atoms with Gasteiger partial charge in [-0.25, -0.2) is 0 Å². The fourth-order valence-corrected chi connectivity index (χ4v) is 2.72. The molecule has 4 nitrogen and oxygen atoms in total. The molecular formula is C21H23NO3. The van der Waals surface area contributed by atoms with Crippen LogP contribution < -0.4 is 9.47 Å². The number of nitrogens with zero attached hydrogens (tertiary/aromatic N) is 1. The summed E-state index contributed by atoms with van der Waals surface area (Å²) in [4.78, 5) is 0. The average Bonchev–Trinajstić information content (AvgIpc) is 3.13. The maximum atomic E-state index is 5.46. The molecule has 4 heteroatoms. The van der Waals surface area contributed by atoms with Crippen molar-refractivity contribution in [2.45, 2.75) is 25.7 Å². The smallest absolute Gasteiger partial charge is 0.137 e. The molecule has 0 N–H and O–H groups in total. The van der Waals surface area contributed by atoms with Gasteiger partial charge in [0.2, 0.25) is 0 Å². The highest BCUT2D eigenvalue weighted by molar-refractivity contribution is 5.28. The van der Waals surface area contributed by atoms with Gasteiger partial charge < -0.3 is 14.0 Å². The number of methoxy groups -OCH3 is 2. The normalized spacial score (nSPS) is 10.6. The third-order valence-corrected chi connectivity index (χ3v) is 4.26. The first-order chi connectivity index (χ1) is 12.3. The lowest BCUT2D eigenvalue weighted by Gasteiger charge is -2.02. The first-order valence-electron chi connectivity index (χ1n) is 8.47. The number of rotatable bonds is 8. The summed E-state index contributed by atoms with van der Waals surface area (Å²) in [7, 11) is 3.36. The number of aryl methyl sites for hydroxylation is 4. The lowest BCUT2D eigenvalue weighted by Crippen LogP contribution is -1.92.